The van der Waals surface area contributed by atoms with Crippen LogP contribution in [0.5, 0.6) is 0 Å². The lowest BCUT2D eigenvalue weighted by Gasteiger charge is -1.96. The number of aliphatic hydroxyl groups excluding tert-OH is 1. The summed E-state index contributed by atoms with van der Waals surface area (Å²) in [6.45, 7) is -0.0132. The molecule has 0 aromatic carbocycles. The van der Waals surface area contributed by atoms with Gasteiger partial charge in [0.25, 0.3) is 0 Å². The Morgan fingerprint density at radius 1 is 1.73 bits per heavy atom. The molecule has 1 rings (SSSR count). The van der Waals surface area contributed by atoms with Gasteiger partial charge in [-0.2, -0.15) is 12.6 Å². The SMILES string of the molecule is CS.Cn1c(CO)cnc1N. The normalized spacial score (nSPS) is 8.73. The second-order valence-corrected chi connectivity index (χ2v) is 1.82. The quantitative estimate of drug-likeness (QED) is 0.528. The lowest BCUT2D eigenvalue weighted by atomic mass is 10.5. The van der Waals surface area contributed by atoms with Crippen LogP contribution in [-0.4, -0.2) is 20.9 Å². The van der Waals surface area contributed by atoms with Crippen LogP contribution in [0.3, 0.4) is 0 Å². The first kappa shape index (κ1) is 10.3. The fraction of sp³-hybridized carbons (Fsp3) is 0.500. The van der Waals surface area contributed by atoms with Crippen molar-refractivity contribution in [1.82, 2.24) is 9.55 Å². The van der Waals surface area contributed by atoms with Crippen LogP contribution in [0.25, 0.3) is 0 Å². The minimum atomic E-state index is -0.0132. The fourth-order valence-electron chi connectivity index (χ4n) is 0.608. The number of hydrogen-bond donors (Lipinski definition) is 3. The van der Waals surface area contributed by atoms with E-state index in [4.69, 9.17) is 10.8 Å². The highest BCUT2D eigenvalue weighted by Gasteiger charge is 1.98. The summed E-state index contributed by atoms with van der Waals surface area (Å²) < 4.78 is 1.64. The van der Waals surface area contributed by atoms with Crippen LogP contribution < -0.4 is 5.73 Å². The Hall–Kier alpha value is -0.680. The van der Waals surface area contributed by atoms with Crippen LogP contribution in [0.15, 0.2) is 6.20 Å². The first-order valence-electron chi connectivity index (χ1n) is 3.07. The Balaban J connectivity index is 0.000000461. The number of nitrogens with zero attached hydrogens (tertiary/aromatic N) is 2. The molecule has 1 heterocycles. The maximum Gasteiger partial charge on any atom is 0.200 e. The summed E-state index contributed by atoms with van der Waals surface area (Å²) >= 11 is 3.53. The first-order valence-corrected chi connectivity index (χ1v) is 3.97. The average molecular weight is 175 g/mol. The molecule has 0 unspecified atom stereocenters. The summed E-state index contributed by atoms with van der Waals surface area (Å²) in [6, 6.07) is 0. The maximum atomic E-state index is 8.62. The Labute approximate surface area is 71.5 Å². The molecule has 0 bridgehead atoms. The molecule has 64 valence electrons. The van der Waals surface area contributed by atoms with E-state index in [1.165, 1.54) is 0 Å². The molecule has 3 N–H and O–H groups in total. The molecule has 0 aliphatic carbocycles. The van der Waals surface area contributed by atoms with Crippen LogP contribution >= 0.6 is 12.6 Å². The molecule has 11 heavy (non-hydrogen) atoms. The monoisotopic (exact) mass is 175 g/mol. The van der Waals surface area contributed by atoms with Gasteiger partial charge >= 0.3 is 0 Å². The van der Waals surface area contributed by atoms with Gasteiger partial charge in [0.15, 0.2) is 5.95 Å². The van der Waals surface area contributed by atoms with E-state index < -0.39 is 0 Å². The van der Waals surface area contributed by atoms with E-state index in [1.807, 2.05) is 0 Å². The third-order valence-corrected chi connectivity index (χ3v) is 1.28. The Kier molecular flexibility index (Phi) is 4.72. The van der Waals surface area contributed by atoms with E-state index in [9.17, 15) is 0 Å². The van der Waals surface area contributed by atoms with Crippen molar-refractivity contribution < 1.29 is 5.11 Å². The fourth-order valence-corrected chi connectivity index (χ4v) is 0.608. The zero-order chi connectivity index (χ0) is 8.85. The highest BCUT2D eigenvalue weighted by Crippen LogP contribution is 2.02. The Bertz CT molecular complexity index is 212. The number of imidazole rings is 1. The number of rotatable bonds is 1. The van der Waals surface area contributed by atoms with Crippen molar-refractivity contribution in [3.05, 3.63) is 11.9 Å². The van der Waals surface area contributed by atoms with Gasteiger partial charge < -0.3 is 15.4 Å². The van der Waals surface area contributed by atoms with Gasteiger partial charge in [0.2, 0.25) is 0 Å². The molecule has 0 spiro atoms. The second-order valence-electron chi connectivity index (χ2n) is 1.82. The van der Waals surface area contributed by atoms with Gasteiger partial charge in [-0.25, -0.2) is 4.98 Å². The van der Waals surface area contributed by atoms with E-state index >= 15 is 0 Å². The topological polar surface area (TPSA) is 64.1 Å². The molecule has 1 aromatic rings. The zero-order valence-corrected chi connectivity index (χ0v) is 7.55. The van der Waals surface area contributed by atoms with Crippen molar-refractivity contribution >= 4 is 18.6 Å². The van der Waals surface area contributed by atoms with E-state index in [0.717, 1.165) is 5.69 Å². The molecule has 0 aliphatic heterocycles. The maximum absolute atomic E-state index is 8.62. The van der Waals surface area contributed by atoms with Gasteiger partial charge in [0.1, 0.15) is 0 Å². The number of thiol groups is 1. The molecule has 4 nitrogen and oxygen atoms in total. The van der Waals surface area contributed by atoms with Crippen molar-refractivity contribution in [2.45, 2.75) is 6.61 Å². The number of nitrogens with two attached hydrogens (primary N) is 1. The summed E-state index contributed by atoms with van der Waals surface area (Å²) in [7, 11) is 1.76. The van der Waals surface area contributed by atoms with Crippen LogP contribution in [0.4, 0.5) is 5.95 Å². The summed E-state index contributed by atoms with van der Waals surface area (Å²) in [5, 5.41) is 8.62. The van der Waals surface area contributed by atoms with Crippen molar-refractivity contribution in [1.29, 1.82) is 0 Å². The van der Waals surface area contributed by atoms with Gasteiger partial charge in [0, 0.05) is 7.05 Å². The van der Waals surface area contributed by atoms with Gasteiger partial charge in [-0.1, -0.05) is 0 Å². The lowest BCUT2D eigenvalue weighted by molar-refractivity contribution is 0.273. The Morgan fingerprint density at radius 2 is 2.27 bits per heavy atom. The molecule has 0 radical (unpaired) electrons. The summed E-state index contributed by atoms with van der Waals surface area (Å²) in [5.41, 5.74) is 6.09. The summed E-state index contributed by atoms with van der Waals surface area (Å²) in [5.74, 6) is 0.430. The Morgan fingerprint density at radius 3 is 2.45 bits per heavy atom. The molecular formula is C6H13N3OS. The predicted octanol–water partition coefficient (Wildman–Crippen LogP) is 0.0406. The standard InChI is InChI=1S/C5H9N3O.CH4S/c1-8-4(3-9)2-7-5(8)6;1-2/h2,9H,3H2,1H3,(H2,6,7);2H,1H3. The number of hydrogen-bond acceptors (Lipinski definition) is 4. The molecular weight excluding hydrogens is 162 g/mol. The summed E-state index contributed by atoms with van der Waals surface area (Å²) in [6.07, 6.45) is 3.25. The van der Waals surface area contributed by atoms with Crippen LogP contribution in [0, 0.1) is 0 Å². The van der Waals surface area contributed by atoms with Gasteiger partial charge in [-0.05, 0) is 6.26 Å². The van der Waals surface area contributed by atoms with Crippen LogP contribution in [0.2, 0.25) is 0 Å². The van der Waals surface area contributed by atoms with Gasteiger partial charge in [-0.15, -0.1) is 0 Å². The average Bonchev–Trinajstić information content (AvgIpc) is 2.37. The lowest BCUT2D eigenvalue weighted by Crippen LogP contribution is -2.00. The molecule has 0 atom stereocenters. The van der Waals surface area contributed by atoms with E-state index in [0.29, 0.717) is 5.95 Å². The number of nitrogen functional groups attached to an aromatic ring is 1. The third-order valence-electron chi connectivity index (χ3n) is 1.28. The number of aromatic nitrogens is 2. The predicted molar refractivity (Wildman–Crippen MR) is 48.5 cm³/mol. The molecule has 0 fully saturated rings. The van der Waals surface area contributed by atoms with E-state index in [-0.39, 0.29) is 6.61 Å². The molecule has 0 amide bonds. The van der Waals surface area contributed by atoms with Gasteiger partial charge in [-0.3, -0.25) is 0 Å². The molecule has 5 heteroatoms. The van der Waals surface area contributed by atoms with E-state index in [2.05, 4.69) is 17.6 Å². The smallest absolute Gasteiger partial charge is 0.200 e. The number of aliphatic hydroxyl groups is 1. The molecule has 0 aliphatic rings. The largest absolute Gasteiger partial charge is 0.390 e. The van der Waals surface area contributed by atoms with Gasteiger partial charge in [0.05, 0.1) is 18.5 Å². The third kappa shape index (κ3) is 2.44. The summed E-state index contributed by atoms with van der Waals surface area (Å²) in [4.78, 5) is 3.77. The van der Waals surface area contributed by atoms with Crippen molar-refractivity contribution in [3.8, 4) is 0 Å². The van der Waals surface area contributed by atoms with Crippen LogP contribution in [-0.2, 0) is 13.7 Å². The van der Waals surface area contributed by atoms with Crippen molar-refractivity contribution in [2.24, 2.45) is 7.05 Å². The van der Waals surface area contributed by atoms with Crippen molar-refractivity contribution in [3.63, 3.8) is 0 Å². The highest BCUT2D eigenvalue weighted by molar-refractivity contribution is 7.79. The molecule has 0 saturated carbocycles. The van der Waals surface area contributed by atoms with Crippen LogP contribution in [0.1, 0.15) is 5.69 Å². The minimum absolute atomic E-state index is 0.0132. The second kappa shape index (κ2) is 5.03. The number of anilines is 1. The zero-order valence-electron chi connectivity index (χ0n) is 6.65. The van der Waals surface area contributed by atoms with Crippen molar-refractivity contribution in [2.75, 3.05) is 12.0 Å². The first-order chi connectivity index (χ1) is 5.25. The van der Waals surface area contributed by atoms with E-state index in [1.54, 1.807) is 24.1 Å². The minimum Gasteiger partial charge on any atom is -0.390 e. The highest BCUT2D eigenvalue weighted by atomic mass is 32.1. The molecule has 0 saturated heterocycles. The molecule has 1 aromatic heterocycles.